The number of thiophene rings is 1. The van der Waals surface area contributed by atoms with Crippen molar-refractivity contribution in [3.63, 3.8) is 0 Å². The molecule has 2 rings (SSSR count). The van der Waals surface area contributed by atoms with Crippen molar-refractivity contribution in [2.45, 2.75) is 19.4 Å². The van der Waals surface area contributed by atoms with Gasteiger partial charge in [0.15, 0.2) is 0 Å². The molecule has 0 amide bonds. The highest BCUT2D eigenvalue weighted by Crippen LogP contribution is 2.29. The van der Waals surface area contributed by atoms with Crippen LogP contribution in [-0.4, -0.2) is 11.5 Å². The van der Waals surface area contributed by atoms with Crippen LogP contribution in [0, 0.1) is 0 Å². The quantitative estimate of drug-likeness (QED) is 0.780. The summed E-state index contributed by atoms with van der Waals surface area (Å²) in [6.45, 7) is 2.93. The van der Waals surface area contributed by atoms with Crippen LogP contribution in [-0.2, 0) is 6.42 Å². The first-order chi connectivity index (χ1) is 9.10. The molecule has 0 spiro atoms. The van der Waals surface area contributed by atoms with E-state index in [9.17, 15) is 0 Å². The normalized spacial score (nSPS) is 12.6. The van der Waals surface area contributed by atoms with Gasteiger partial charge in [0, 0.05) is 27.3 Å². The van der Waals surface area contributed by atoms with E-state index in [4.69, 9.17) is 23.2 Å². The fourth-order valence-corrected chi connectivity index (χ4v) is 3.87. The molecule has 0 aliphatic heterocycles. The van der Waals surface area contributed by atoms with E-state index in [1.54, 1.807) is 23.6 Å². The van der Waals surface area contributed by atoms with E-state index in [2.05, 4.69) is 44.6 Å². The molecule has 0 saturated heterocycles. The predicted octanol–water partition coefficient (Wildman–Crippen LogP) is 5.11. The van der Waals surface area contributed by atoms with Gasteiger partial charge in [-0.3, -0.25) is 4.98 Å². The largest absolute Gasteiger partial charge is 0.309 e. The molecule has 0 aliphatic carbocycles. The van der Waals surface area contributed by atoms with Gasteiger partial charge >= 0.3 is 0 Å². The second-order valence-corrected chi connectivity index (χ2v) is 6.82. The van der Waals surface area contributed by atoms with Gasteiger partial charge in [-0.15, -0.1) is 11.3 Å². The number of hydrogen-bond acceptors (Lipinski definition) is 3. The zero-order valence-corrected chi connectivity index (χ0v) is 14.2. The summed E-state index contributed by atoms with van der Waals surface area (Å²) >= 11 is 17.3. The zero-order chi connectivity index (χ0) is 13.8. The molecule has 1 atom stereocenters. The summed E-state index contributed by atoms with van der Waals surface area (Å²) in [6, 6.07) is 3.96. The summed E-state index contributed by atoms with van der Waals surface area (Å²) in [4.78, 5) is 5.65. The number of rotatable bonds is 5. The highest BCUT2D eigenvalue weighted by molar-refractivity contribution is 9.10. The van der Waals surface area contributed by atoms with Crippen molar-refractivity contribution >= 4 is 50.5 Å². The van der Waals surface area contributed by atoms with Gasteiger partial charge < -0.3 is 5.32 Å². The van der Waals surface area contributed by atoms with Crippen molar-refractivity contribution in [2.75, 3.05) is 6.54 Å². The number of pyridine rings is 1. The van der Waals surface area contributed by atoms with E-state index >= 15 is 0 Å². The maximum Gasteiger partial charge on any atom is 0.0763 e. The Morgan fingerprint density at radius 3 is 2.79 bits per heavy atom. The summed E-state index contributed by atoms with van der Waals surface area (Å²) in [5.74, 6) is 0. The Kier molecular flexibility index (Phi) is 5.66. The van der Waals surface area contributed by atoms with E-state index in [1.807, 2.05) is 0 Å². The van der Waals surface area contributed by atoms with Crippen LogP contribution >= 0.6 is 50.5 Å². The van der Waals surface area contributed by atoms with Crippen molar-refractivity contribution in [2.24, 2.45) is 0 Å². The third-order valence-electron chi connectivity index (χ3n) is 2.64. The van der Waals surface area contributed by atoms with Gasteiger partial charge in [0.05, 0.1) is 21.8 Å². The Bertz CT molecular complexity index is 559. The smallest absolute Gasteiger partial charge is 0.0763 e. The third kappa shape index (κ3) is 4.17. The molecule has 2 heterocycles. The molecule has 0 saturated carbocycles. The molecule has 0 aromatic carbocycles. The highest BCUT2D eigenvalue weighted by Gasteiger charge is 2.17. The van der Waals surface area contributed by atoms with Gasteiger partial charge in [0.25, 0.3) is 0 Å². The van der Waals surface area contributed by atoms with Crippen molar-refractivity contribution in [1.82, 2.24) is 10.3 Å². The van der Waals surface area contributed by atoms with Crippen LogP contribution < -0.4 is 5.32 Å². The summed E-state index contributed by atoms with van der Waals surface area (Å²) in [7, 11) is 0. The predicted molar refractivity (Wildman–Crippen MR) is 86.4 cm³/mol. The number of hydrogen-bond donors (Lipinski definition) is 1. The molecular weight excluding hydrogens is 367 g/mol. The second kappa shape index (κ2) is 7.04. The molecule has 0 bridgehead atoms. The second-order valence-electron chi connectivity index (χ2n) is 4.07. The Morgan fingerprint density at radius 1 is 1.42 bits per heavy atom. The lowest BCUT2D eigenvalue weighted by Crippen LogP contribution is -2.24. The number of nitrogens with one attached hydrogen (secondary N) is 1. The summed E-state index contributed by atoms with van der Waals surface area (Å²) in [6.07, 6.45) is 2.50. The first-order valence-electron chi connectivity index (χ1n) is 5.87. The van der Waals surface area contributed by atoms with E-state index < -0.39 is 0 Å². The lowest BCUT2D eigenvalue weighted by Gasteiger charge is -2.18. The molecule has 0 radical (unpaired) electrons. The van der Waals surface area contributed by atoms with Crippen molar-refractivity contribution in [3.05, 3.63) is 48.8 Å². The SMILES string of the molecule is CCNC(Cc1cc(Br)cs1)c1ncc(Cl)cc1Cl. The average molecular weight is 380 g/mol. The van der Waals surface area contributed by atoms with E-state index in [-0.39, 0.29) is 6.04 Å². The number of likely N-dealkylation sites (N-methyl/N-ethyl adjacent to an activating group) is 1. The van der Waals surface area contributed by atoms with Crippen LogP contribution in [0.4, 0.5) is 0 Å². The van der Waals surface area contributed by atoms with Crippen molar-refractivity contribution < 1.29 is 0 Å². The molecule has 2 nitrogen and oxygen atoms in total. The fraction of sp³-hybridized carbons (Fsp3) is 0.308. The molecule has 19 heavy (non-hydrogen) atoms. The summed E-state index contributed by atoms with van der Waals surface area (Å²) in [5.41, 5.74) is 0.845. The standard InChI is InChI=1S/C13H13BrCl2N2S/c1-2-17-12(5-10-3-8(14)7-19-10)13-11(16)4-9(15)6-18-13/h3-4,6-7,12,17H,2,5H2,1H3. The van der Waals surface area contributed by atoms with Crippen LogP contribution in [0.2, 0.25) is 10.0 Å². The van der Waals surface area contributed by atoms with Gasteiger partial charge in [-0.2, -0.15) is 0 Å². The molecule has 0 aliphatic rings. The Balaban J connectivity index is 2.23. The minimum Gasteiger partial charge on any atom is -0.309 e. The number of aromatic nitrogens is 1. The minimum atomic E-state index is 0.0975. The molecule has 102 valence electrons. The van der Waals surface area contributed by atoms with Crippen LogP contribution in [0.15, 0.2) is 28.2 Å². The third-order valence-corrected chi connectivity index (χ3v) is 4.87. The summed E-state index contributed by atoms with van der Waals surface area (Å²) in [5, 5.41) is 6.66. The van der Waals surface area contributed by atoms with Crippen LogP contribution in [0.5, 0.6) is 0 Å². The van der Waals surface area contributed by atoms with Crippen LogP contribution in [0.1, 0.15) is 23.5 Å². The number of halogens is 3. The lowest BCUT2D eigenvalue weighted by atomic mass is 10.1. The Labute approximate surface area is 135 Å². The number of nitrogens with zero attached hydrogens (tertiary/aromatic N) is 1. The zero-order valence-electron chi connectivity index (χ0n) is 10.3. The van der Waals surface area contributed by atoms with E-state index in [0.29, 0.717) is 10.0 Å². The van der Waals surface area contributed by atoms with Gasteiger partial charge in [0.2, 0.25) is 0 Å². The van der Waals surface area contributed by atoms with Gasteiger partial charge in [0.1, 0.15) is 0 Å². The van der Waals surface area contributed by atoms with E-state index in [0.717, 1.165) is 23.1 Å². The van der Waals surface area contributed by atoms with Gasteiger partial charge in [-0.25, -0.2) is 0 Å². The first-order valence-corrected chi connectivity index (χ1v) is 8.30. The van der Waals surface area contributed by atoms with Gasteiger partial charge in [-0.05, 0) is 34.6 Å². The van der Waals surface area contributed by atoms with Crippen LogP contribution in [0.3, 0.4) is 0 Å². The lowest BCUT2D eigenvalue weighted by molar-refractivity contribution is 0.540. The van der Waals surface area contributed by atoms with Gasteiger partial charge in [-0.1, -0.05) is 30.1 Å². The average Bonchev–Trinajstić information content (AvgIpc) is 2.74. The molecule has 2 aromatic rings. The highest BCUT2D eigenvalue weighted by atomic mass is 79.9. The maximum absolute atomic E-state index is 6.24. The molecule has 1 N–H and O–H groups in total. The minimum absolute atomic E-state index is 0.0975. The molecule has 2 aromatic heterocycles. The summed E-state index contributed by atoms with van der Waals surface area (Å²) < 4.78 is 1.11. The Hall–Kier alpha value is -0.130. The van der Waals surface area contributed by atoms with Crippen molar-refractivity contribution in [1.29, 1.82) is 0 Å². The maximum atomic E-state index is 6.24. The monoisotopic (exact) mass is 378 g/mol. The van der Waals surface area contributed by atoms with Crippen molar-refractivity contribution in [3.8, 4) is 0 Å². The molecule has 6 heteroatoms. The van der Waals surface area contributed by atoms with Crippen LogP contribution in [0.25, 0.3) is 0 Å². The molecule has 1 unspecified atom stereocenters. The van der Waals surface area contributed by atoms with E-state index in [1.165, 1.54) is 4.88 Å². The Morgan fingerprint density at radius 2 is 2.21 bits per heavy atom. The molecular formula is C13H13BrCl2N2S. The molecule has 0 fully saturated rings. The topological polar surface area (TPSA) is 24.9 Å². The fourth-order valence-electron chi connectivity index (χ4n) is 1.86. The first kappa shape index (κ1) is 15.3.